The summed E-state index contributed by atoms with van der Waals surface area (Å²) in [4.78, 5) is 21.4. The zero-order chi connectivity index (χ0) is 19.4. The molecule has 0 bridgehead atoms. The van der Waals surface area contributed by atoms with Crippen LogP contribution in [0.1, 0.15) is 51.5 Å². The molecule has 0 aliphatic carbocycles. The highest BCUT2D eigenvalue weighted by Crippen LogP contribution is 2.24. The maximum atomic E-state index is 12.1. The highest BCUT2D eigenvalue weighted by atomic mass is 16.1. The van der Waals surface area contributed by atoms with Crippen molar-refractivity contribution in [1.82, 2.24) is 14.8 Å². The Morgan fingerprint density at radius 2 is 1.74 bits per heavy atom. The van der Waals surface area contributed by atoms with Gasteiger partial charge in [0.1, 0.15) is 0 Å². The van der Waals surface area contributed by atoms with Gasteiger partial charge in [-0.1, -0.05) is 12.1 Å². The second-order valence-corrected chi connectivity index (χ2v) is 7.81. The third-order valence-electron chi connectivity index (χ3n) is 5.67. The Morgan fingerprint density at radius 1 is 1.04 bits per heavy atom. The van der Waals surface area contributed by atoms with Crippen molar-refractivity contribution in [2.24, 2.45) is 0 Å². The topological polar surface area (TPSA) is 36.4 Å². The molecule has 1 fully saturated rings. The van der Waals surface area contributed by atoms with Crippen molar-refractivity contribution in [3.8, 4) is 0 Å². The van der Waals surface area contributed by atoms with Crippen LogP contribution < -0.4 is 0 Å². The van der Waals surface area contributed by atoms with E-state index in [1.165, 1.54) is 23.1 Å². The van der Waals surface area contributed by atoms with E-state index < -0.39 is 0 Å². The molecule has 1 aliphatic heterocycles. The van der Waals surface area contributed by atoms with E-state index in [2.05, 4.69) is 40.8 Å². The first-order chi connectivity index (χ1) is 13.0. The van der Waals surface area contributed by atoms with Crippen molar-refractivity contribution < 1.29 is 4.79 Å². The number of carbonyl (C=O) groups excluding carboxylic acids is 1. The van der Waals surface area contributed by atoms with Crippen LogP contribution in [0.15, 0.2) is 30.6 Å². The summed E-state index contributed by atoms with van der Waals surface area (Å²) in [5.74, 6) is 0.171. The van der Waals surface area contributed by atoms with E-state index in [0.29, 0.717) is 0 Å². The van der Waals surface area contributed by atoms with Crippen LogP contribution in [0.5, 0.6) is 0 Å². The summed E-state index contributed by atoms with van der Waals surface area (Å²) in [5.41, 5.74) is 7.07. The lowest BCUT2D eigenvalue weighted by Crippen LogP contribution is -2.30. The number of Topliss-reactive ketones (excluding diaryl/α,β-unsaturated/α-hetero) is 1. The van der Waals surface area contributed by atoms with Crippen LogP contribution in [0, 0.1) is 20.8 Å². The van der Waals surface area contributed by atoms with E-state index in [1.54, 1.807) is 6.92 Å². The monoisotopic (exact) mass is 365 g/mol. The molecular formula is C23H31N3O. The number of ketones is 1. The number of carbonyl (C=O) groups is 1. The maximum absolute atomic E-state index is 12.1. The number of benzene rings is 1. The van der Waals surface area contributed by atoms with Gasteiger partial charge in [-0.25, -0.2) is 0 Å². The quantitative estimate of drug-likeness (QED) is 0.753. The lowest BCUT2D eigenvalue weighted by Gasteiger charge is -2.24. The van der Waals surface area contributed by atoms with Crippen molar-refractivity contribution in [2.75, 3.05) is 26.2 Å². The van der Waals surface area contributed by atoms with Crippen LogP contribution in [0.2, 0.25) is 0 Å². The van der Waals surface area contributed by atoms with Gasteiger partial charge in [-0.3, -0.25) is 19.6 Å². The second-order valence-electron chi connectivity index (χ2n) is 7.81. The summed E-state index contributed by atoms with van der Waals surface area (Å²) in [6, 6.07) is 6.33. The fraction of sp³-hybridized carbons (Fsp3) is 0.478. The smallest absolute Gasteiger partial charge is 0.160 e. The predicted molar refractivity (Wildman–Crippen MR) is 110 cm³/mol. The fourth-order valence-corrected chi connectivity index (χ4v) is 4.33. The Hall–Kier alpha value is -2.04. The number of hydrogen-bond acceptors (Lipinski definition) is 4. The number of hydrogen-bond donors (Lipinski definition) is 0. The van der Waals surface area contributed by atoms with Gasteiger partial charge in [0, 0.05) is 44.1 Å². The second kappa shape index (κ2) is 8.77. The molecule has 0 atom stereocenters. The van der Waals surface area contributed by atoms with Gasteiger partial charge in [-0.15, -0.1) is 0 Å². The molecule has 0 spiro atoms. The summed E-state index contributed by atoms with van der Waals surface area (Å²) in [5, 5.41) is 0. The Bertz CT molecular complexity index is 801. The van der Waals surface area contributed by atoms with Crippen molar-refractivity contribution in [3.63, 3.8) is 0 Å². The number of aryl methyl sites for hydroxylation is 2. The van der Waals surface area contributed by atoms with Crippen LogP contribution in [0.3, 0.4) is 0 Å². The van der Waals surface area contributed by atoms with E-state index in [9.17, 15) is 4.79 Å². The van der Waals surface area contributed by atoms with Gasteiger partial charge in [-0.2, -0.15) is 0 Å². The van der Waals surface area contributed by atoms with Gasteiger partial charge in [-0.05, 0) is 81.1 Å². The predicted octanol–water partition coefficient (Wildman–Crippen LogP) is 3.92. The number of nitrogens with zero attached hydrogens (tertiary/aromatic N) is 3. The minimum atomic E-state index is 0.171. The van der Waals surface area contributed by atoms with Gasteiger partial charge in [0.05, 0.1) is 0 Å². The third kappa shape index (κ3) is 4.82. The zero-order valence-electron chi connectivity index (χ0n) is 17.1. The molecule has 0 unspecified atom stereocenters. The first-order valence-electron chi connectivity index (χ1n) is 9.90. The van der Waals surface area contributed by atoms with Gasteiger partial charge in [0.15, 0.2) is 5.78 Å². The molecule has 4 nitrogen and oxygen atoms in total. The van der Waals surface area contributed by atoms with Crippen LogP contribution >= 0.6 is 0 Å². The fourth-order valence-electron chi connectivity index (χ4n) is 4.33. The molecule has 1 aromatic heterocycles. The molecule has 0 N–H and O–H groups in total. The van der Waals surface area contributed by atoms with Crippen LogP contribution in [0.25, 0.3) is 0 Å². The summed E-state index contributed by atoms with van der Waals surface area (Å²) in [6.45, 7) is 14.3. The highest BCUT2D eigenvalue weighted by molar-refractivity contribution is 5.97. The van der Waals surface area contributed by atoms with Gasteiger partial charge < -0.3 is 0 Å². The van der Waals surface area contributed by atoms with Crippen molar-refractivity contribution in [2.45, 2.75) is 47.2 Å². The Balaban J connectivity index is 1.69. The first-order valence-corrected chi connectivity index (χ1v) is 9.90. The minimum Gasteiger partial charge on any atom is -0.298 e. The molecule has 0 saturated carbocycles. The van der Waals surface area contributed by atoms with E-state index in [4.69, 9.17) is 0 Å². The van der Waals surface area contributed by atoms with Gasteiger partial charge in [0.2, 0.25) is 0 Å². The van der Waals surface area contributed by atoms with Gasteiger partial charge >= 0.3 is 0 Å². The molecule has 0 radical (unpaired) electrons. The summed E-state index contributed by atoms with van der Waals surface area (Å²) in [6.07, 6.45) is 4.96. The molecular weight excluding hydrogens is 334 g/mol. The third-order valence-corrected chi connectivity index (χ3v) is 5.67. The van der Waals surface area contributed by atoms with E-state index in [0.717, 1.165) is 56.0 Å². The standard InChI is InChI=1S/C23H31N3O/c1-17-13-18(2)23(20(4)27)19(3)22(17)16-26-10-6-9-25(11-12-26)15-21-7-5-8-24-14-21/h5,7-8,13-14H,6,9-12,15-16H2,1-4H3. The molecule has 1 aliphatic rings. The van der Waals surface area contributed by atoms with Crippen LogP contribution in [-0.4, -0.2) is 46.7 Å². The minimum absolute atomic E-state index is 0.171. The molecule has 27 heavy (non-hydrogen) atoms. The van der Waals surface area contributed by atoms with Crippen molar-refractivity contribution in [1.29, 1.82) is 0 Å². The lowest BCUT2D eigenvalue weighted by atomic mass is 9.91. The van der Waals surface area contributed by atoms with Gasteiger partial charge in [0.25, 0.3) is 0 Å². The molecule has 2 heterocycles. The molecule has 1 aromatic carbocycles. The Labute approximate surface area is 163 Å². The van der Waals surface area contributed by atoms with Crippen LogP contribution in [0.4, 0.5) is 0 Å². The largest absolute Gasteiger partial charge is 0.298 e. The number of rotatable bonds is 5. The summed E-state index contributed by atoms with van der Waals surface area (Å²) in [7, 11) is 0. The van der Waals surface area contributed by atoms with E-state index in [1.807, 2.05) is 25.4 Å². The molecule has 0 amide bonds. The van der Waals surface area contributed by atoms with E-state index in [-0.39, 0.29) is 5.78 Å². The normalized spacial score (nSPS) is 16.3. The molecule has 1 saturated heterocycles. The SMILES string of the molecule is CC(=O)c1c(C)cc(C)c(CN2CCCN(Cc3cccnc3)CC2)c1C. The molecule has 2 aromatic rings. The average Bonchev–Trinajstić information content (AvgIpc) is 2.84. The van der Waals surface area contributed by atoms with Crippen molar-refractivity contribution in [3.05, 3.63) is 64.0 Å². The Morgan fingerprint density at radius 3 is 2.37 bits per heavy atom. The highest BCUT2D eigenvalue weighted by Gasteiger charge is 2.19. The first kappa shape index (κ1) is 19.7. The lowest BCUT2D eigenvalue weighted by molar-refractivity contribution is 0.101. The summed E-state index contributed by atoms with van der Waals surface area (Å²) >= 11 is 0. The number of aromatic nitrogens is 1. The van der Waals surface area contributed by atoms with Crippen LogP contribution in [-0.2, 0) is 13.1 Å². The van der Waals surface area contributed by atoms with Crippen molar-refractivity contribution >= 4 is 5.78 Å². The molecule has 144 valence electrons. The zero-order valence-corrected chi connectivity index (χ0v) is 17.1. The summed E-state index contributed by atoms with van der Waals surface area (Å²) < 4.78 is 0. The number of pyridine rings is 1. The van der Waals surface area contributed by atoms with E-state index >= 15 is 0 Å². The average molecular weight is 366 g/mol. The maximum Gasteiger partial charge on any atom is 0.160 e. The Kier molecular flexibility index (Phi) is 6.40. The molecule has 4 heteroatoms. The molecule has 3 rings (SSSR count).